The van der Waals surface area contributed by atoms with Gasteiger partial charge in [0.2, 0.25) is 5.91 Å². The largest absolute Gasteiger partial charge is 0.482 e. The number of nitro groups is 1. The summed E-state index contributed by atoms with van der Waals surface area (Å²) >= 11 is 1.38. The highest BCUT2D eigenvalue weighted by Crippen LogP contribution is 2.16. The predicted molar refractivity (Wildman–Crippen MR) is 123 cm³/mol. The molecular formula is C22H25N3O6S. The van der Waals surface area contributed by atoms with Crippen LogP contribution in [0.25, 0.3) is 0 Å². The van der Waals surface area contributed by atoms with Crippen LogP contribution in [0, 0.1) is 10.1 Å². The molecule has 1 N–H and O–H groups in total. The molecule has 0 radical (unpaired) electrons. The summed E-state index contributed by atoms with van der Waals surface area (Å²) in [5, 5.41) is 14.6. The molecule has 2 aromatic carbocycles. The van der Waals surface area contributed by atoms with Gasteiger partial charge in [0, 0.05) is 17.9 Å². The first-order valence-corrected chi connectivity index (χ1v) is 10.9. The summed E-state index contributed by atoms with van der Waals surface area (Å²) in [5.74, 6) is 0.563. The van der Waals surface area contributed by atoms with Crippen LogP contribution in [0.15, 0.2) is 53.6 Å². The van der Waals surface area contributed by atoms with E-state index in [4.69, 9.17) is 9.47 Å². The number of hydrazone groups is 1. The smallest absolute Gasteiger partial charge is 0.344 e. The van der Waals surface area contributed by atoms with Crippen molar-refractivity contribution >= 4 is 35.5 Å². The minimum Gasteiger partial charge on any atom is -0.482 e. The summed E-state index contributed by atoms with van der Waals surface area (Å²) in [5.41, 5.74) is 3.56. The molecule has 0 aliphatic carbocycles. The van der Waals surface area contributed by atoms with Crippen molar-refractivity contribution in [3.05, 3.63) is 69.8 Å². The number of nitrogens with one attached hydrogen (secondary N) is 1. The fraction of sp³-hybridized carbons (Fsp3) is 0.318. The van der Waals surface area contributed by atoms with Crippen molar-refractivity contribution in [2.24, 2.45) is 5.10 Å². The number of nitrogens with zero attached hydrogens (tertiary/aromatic N) is 2. The van der Waals surface area contributed by atoms with Gasteiger partial charge in [0.25, 0.3) is 5.69 Å². The molecule has 0 atom stereocenters. The number of carbonyl (C=O) groups excluding carboxylic acids is 2. The van der Waals surface area contributed by atoms with E-state index in [1.165, 1.54) is 30.1 Å². The molecule has 0 fully saturated rings. The molecule has 0 aliphatic heterocycles. The zero-order chi connectivity index (χ0) is 23.6. The Labute approximate surface area is 190 Å². The van der Waals surface area contributed by atoms with Crippen LogP contribution in [-0.2, 0) is 20.1 Å². The Morgan fingerprint density at radius 2 is 1.78 bits per heavy atom. The monoisotopic (exact) mass is 459 g/mol. The first-order valence-electron chi connectivity index (χ1n) is 9.70. The lowest BCUT2D eigenvalue weighted by Gasteiger charge is -2.19. The van der Waals surface area contributed by atoms with E-state index in [0.29, 0.717) is 11.5 Å². The first-order chi connectivity index (χ1) is 15.1. The Morgan fingerprint density at radius 3 is 2.38 bits per heavy atom. The number of hydrogen-bond acceptors (Lipinski definition) is 8. The normalized spacial score (nSPS) is 11.2. The maximum absolute atomic E-state index is 11.9. The summed E-state index contributed by atoms with van der Waals surface area (Å²) in [4.78, 5) is 33.7. The molecule has 0 aliphatic rings. The van der Waals surface area contributed by atoms with Gasteiger partial charge in [-0.05, 0) is 56.2 Å². The van der Waals surface area contributed by atoms with Crippen molar-refractivity contribution in [1.82, 2.24) is 5.43 Å². The van der Waals surface area contributed by atoms with E-state index in [1.54, 1.807) is 57.2 Å². The predicted octanol–water partition coefficient (Wildman–Crippen LogP) is 3.70. The Hall–Kier alpha value is -3.40. The number of thioether (sulfide) groups is 1. The maximum atomic E-state index is 11.9. The third-order valence-corrected chi connectivity index (χ3v) is 4.71. The molecule has 10 heteroatoms. The fourth-order valence-electron chi connectivity index (χ4n) is 2.35. The van der Waals surface area contributed by atoms with Crippen molar-refractivity contribution in [1.29, 1.82) is 0 Å². The van der Waals surface area contributed by atoms with Gasteiger partial charge in [-0.15, -0.1) is 11.8 Å². The van der Waals surface area contributed by atoms with Gasteiger partial charge in [-0.2, -0.15) is 5.10 Å². The summed E-state index contributed by atoms with van der Waals surface area (Å²) in [7, 11) is 0. The van der Waals surface area contributed by atoms with Gasteiger partial charge in [-0.3, -0.25) is 14.9 Å². The molecule has 0 heterocycles. The summed E-state index contributed by atoms with van der Waals surface area (Å²) in [6, 6.07) is 13.1. The zero-order valence-electron chi connectivity index (χ0n) is 18.1. The second-order valence-corrected chi connectivity index (χ2v) is 8.64. The number of non-ortho nitro benzene ring substituents is 1. The van der Waals surface area contributed by atoms with Crippen LogP contribution in [0.4, 0.5) is 5.69 Å². The van der Waals surface area contributed by atoms with E-state index in [0.717, 1.165) is 11.1 Å². The van der Waals surface area contributed by atoms with Gasteiger partial charge in [-0.25, -0.2) is 10.2 Å². The van der Waals surface area contributed by atoms with Crippen LogP contribution in [0.1, 0.15) is 31.9 Å². The Balaban J connectivity index is 1.69. The number of nitro benzene ring substituents is 1. The van der Waals surface area contributed by atoms with Gasteiger partial charge in [0.1, 0.15) is 11.4 Å². The maximum Gasteiger partial charge on any atom is 0.344 e. The molecule has 1 amide bonds. The van der Waals surface area contributed by atoms with E-state index >= 15 is 0 Å². The number of ether oxygens (including phenoxy) is 2. The number of benzene rings is 2. The van der Waals surface area contributed by atoms with Crippen LogP contribution in [0.2, 0.25) is 0 Å². The van der Waals surface area contributed by atoms with E-state index in [-0.39, 0.29) is 24.0 Å². The number of amides is 1. The van der Waals surface area contributed by atoms with Crippen molar-refractivity contribution in [2.75, 3.05) is 12.4 Å². The van der Waals surface area contributed by atoms with Gasteiger partial charge in [-0.1, -0.05) is 12.1 Å². The highest BCUT2D eigenvalue weighted by atomic mass is 32.2. The molecule has 0 unspecified atom stereocenters. The lowest BCUT2D eigenvalue weighted by atomic mass is 10.2. The second kappa shape index (κ2) is 11.8. The molecule has 0 spiro atoms. The molecule has 9 nitrogen and oxygen atoms in total. The molecular weight excluding hydrogens is 434 g/mol. The van der Waals surface area contributed by atoms with E-state index < -0.39 is 16.5 Å². The van der Waals surface area contributed by atoms with Gasteiger partial charge < -0.3 is 9.47 Å². The number of carbonyl (C=O) groups is 2. The molecule has 2 aromatic rings. The fourth-order valence-corrected chi connectivity index (χ4v) is 3.13. The summed E-state index contributed by atoms with van der Waals surface area (Å²) in [6.07, 6.45) is 1.50. The summed E-state index contributed by atoms with van der Waals surface area (Å²) in [6.45, 7) is 5.18. The lowest BCUT2D eigenvalue weighted by Crippen LogP contribution is -2.27. The first kappa shape index (κ1) is 24.9. The molecule has 32 heavy (non-hydrogen) atoms. The quantitative estimate of drug-likeness (QED) is 0.249. The van der Waals surface area contributed by atoms with Crippen LogP contribution in [-0.4, -0.2) is 41.0 Å². The van der Waals surface area contributed by atoms with Crippen molar-refractivity contribution in [3.8, 4) is 5.75 Å². The standard InChI is InChI=1S/C22H25N3O6S/c1-22(2,3)31-21(27)13-30-19-10-6-16(7-11-19)12-23-24-20(26)15-32-14-17-4-8-18(9-5-17)25(28)29/h4-12H,13-15H2,1-3H3,(H,24,26)/b23-12-. The van der Waals surface area contributed by atoms with Crippen LogP contribution in [0.3, 0.4) is 0 Å². The highest BCUT2D eigenvalue weighted by molar-refractivity contribution is 7.99. The third-order valence-electron chi connectivity index (χ3n) is 3.71. The Bertz CT molecular complexity index is 953. The zero-order valence-corrected chi connectivity index (χ0v) is 18.9. The molecule has 2 rings (SSSR count). The average molecular weight is 460 g/mol. The van der Waals surface area contributed by atoms with Crippen molar-refractivity contribution in [2.45, 2.75) is 32.1 Å². The Kier molecular flexibility index (Phi) is 9.21. The van der Waals surface area contributed by atoms with Crippen molar-refractivity contribution < 1.29 is 24.0 Å². The number of esters is 1. The van der Waals surface area contributed by atoms with Crippen molar-refractivity contribution in [3.63, 3.8) is 0 Å². The molecule has 0 saturated carbocycles. The Morgan fingerprint density at radius 1 is 1.12 bits per heavy atom. The number of rotatable bonds is 10. The van der Waals surface area contributed by atoms with Gasteiger partial charge >= 0.3 is 5.97 Å². The van der Waals surface area contributed by atoms with E-state index in [1.807, 2.05) is 0 Å². The van der Waals surface area contributed by atoms with Crippen LogP contribution >= 0.6 is 11.8 Å². The molecule has 170 valence electrons. The minimum atomic E-state index is -0.561. The SMILES string of the molecule is CC(C)(C)OC(=O)COc1ccc(/C=N\NC(=O)CSCc2ccc([N+](=O)[O-])cc2)cc1. The highest BCUT2D eigenvalue weighted by Gasteiger charge is 2.16. The molecule has 0 aromatic heterocycles. The summed E-state index contributed by atoms with van der Waals surface area (Å²) < 4.78 is 10.6. The van der Waals surface area contributed by atoms with Gasteiger partial charge in [0.05, 0.1) is 16.9 Å². The topological polar surface area (TPSA) is 120 Å². The van der Waals surface area contributed by atoms with Gasteiger partial charge in [0.15, 0.2) is 6.61 Å². The third kappa shape index (κ3) is 9.61. The van der Waals surface area contributed by atoms with E-state index in [2.05, 4.69) is 10.5 Å². The van der Waals surface area contributed by atoms with Crippen LogP contribution in [0.5, 0.6) is 5.75 Å². The molecule has 0 saturated heterocycles. The lowest BCUT2D eigenvalue weighted by molar-refractivity contribution is -0.384. The minimum absolute atomic E-state index is 0.0356. The van der Waals surface area contributed by atoms with Crippen LogP contribution < -0.4 is 10.2 Å². The second-order valence-electron chi connectivity index (χ2n) is 7.65. The molecule has 0 bridgehead atoms. The average Bonchev–Trinajstić information content (AvgIpc) is 2.72. The number of hydrogen-bond donors (Lipinski definition) is 1. The van der Waals surface area contributed by atoms with E-state index in [9.17, 15) is 19.7 Å².